The van der Waals surface area contributed by atoms with Crippen molar-refractivity contribution in [2.45, 2.75) is 19.3 Å². The molecule has 3 rings (SSSR count). The summed E-state index contributed by atoms with van der Waals surface area (Å²) in [6.45, 7) is 6.15. The van der Waals surface area contributed by atoms with Crippen LogP contribution in [0.25, 0.3) is 0 Å². The Balaban J connectivity index is 1.85. The van der Waals surface area contributed by atoms with E-state index in [1.165, 1.54) is 19.3 Å². The molecule has 22 heavy (non-hydrogen) atoms. The number of nitrogens with two attached hydrogens (primary N) is 1. The van der Waals surface area contributed by atoms with Gasteiger partial charge in [-0.15, -0.1) is 0 Å². The summed E-state index contributed by atoms with van der Waals surface area (Å²) in [5.41, 5.74) is 8.43. The molecule has 2 saturated heterocycles. The highest BCUT2D eigenvalue weighted by atomic mass is 16.1. The van der Waals surface area contributed by atoms with Gasteiger partial charge in [0.2, 0.25) is 0 Å². The number of carbonyl (C=O) groups excluding carboxylic acids is 1. The Labute approximate surface area is 132 Å². The van der Waals surface area contributed by atoms with Crippen molar-refractivity contribution in [1.82, 2.24) is 4.90 Å². The van der Waals surface area contributed by atoms with Crippen LogP contribution in [0.15, 0.2) is 18.2 Å². The Kier molecular flexibility index (Phi) is 4.52. The zero-order valence-corrected chi connectivity index (χ0v) is 13.4. The van der Waals surface area contributed by atoms with Crippen LogP contribution < -0.4 is 15.5 Å². The van der Waals surface area contributed by atoms with Crippen LogP contribution in [-0.2, 0) is 0 Å². The maximum Gasteiger partial charge on any atom is 0.250 e. The van der Waals surface area contributed by atoms with E-state index in [0.29, 0.717) is 5.56 Å². The van der Waals surface area contributed by atoms with E-state index in [4.69, 9.17) is 5.73 Å². The van der Waals surface area contributed by atoms with Crippen LogP contribution in [0.1, 0.15) is 29.6 Å². The zero-order chi connectivity index (χ0) is 15.5. The molecule has 0 radical (unpaired) electrons. The van der Waals surface area contributed by atoms with E-state index in [1.54, 1.807) is 0 Å². The van der Waals surface area contributed by atoms with Crippen LogP contribution in [0, 0.1) is 0 Å². The second-order valence-electron chi connectivity index (χ2n) is 6.40. The van der Waals surface area contributed by atoms with Gasteiger partial charge in [-0.3, -0.25) is 4.79 Å². The maximum absolute atomic E-state index is 11.9. The second kappa shape index (κ2) is 6.57. The second-order valence-corrected chi connectivity index (χ2v) is 6.40. The van der Waals surface area contributed by atoms with Crippen LogP contribution >= 0.6 is 0 Å². The number of anilines is 2. The van der Waals surface area contributed by atoms with Crippen molar-refractivity contribution in [3.63, 3.8) is 0 Å². The van der Waals surface area contributed by atoms with Crippen molar-refractivity contribution in [3.05, 3.63) is 23.8 Å². The molecule has 5 heteroatoms. The molecule has 5 nitrogen and oxygen atoms in total. The fraction of sp³-hybridized carbons (Fsp3) is 0.588. The van der Waals surface area contributed by atoms with Gasteiger partial charge in [-0.25, -0.2) is 0 Å². The molecule has 2 N–H and O–H groups in total. The minimum atomic E-state index is -0.323. The highest BCUT2D eigenvalue weighted by molar-refractivity contribution is 5.99. The number of piperazine rings is 1. The highest BCUT2D eigenvalue weighted by Gasteiger charge is 2.20. The van der Waals surface area contributed by atoms with E-state index in [2.05, 4.69) is 33.9 Å². The van der Waals surface area contributed by atoms with Crippen LogP contribution in [0.5, 0.6) is 0 Å². The number of piperidine rings is 1. The molecule has 0 aliphatic carbocycles. The lowest BCUT2D eigenvalue weighted by Crippen LogP contribution is -2.44. The summed E-state index contributed by atoms with van der Waals surface area (Å²) < 4.78 is 0. The number of amides is 1. The lowest BCUT2D eigenvalue weighted by molar-refractivity contribution is 0.100. The molecule has 0 unspecified atom stereocenters. The van der Waals surface area contributed by atoms with Crippen LogP contribution in [0.3, 0.4) is 0 Å². The first-order chi connectivity index (χ1) is 10.6. The fourth-order valence-corrected chi connectivity index (χ4v) is 3.39. The Hall–Kier alpha value is -1.75. The van der Waals surface area contributed by atoms with Gasteiger partial charge in [0.15, 0.2) is 0 Å². The van der Waals surface area contributed by atoms with Gasteiger partial charge in [0.1, 0.15) is 0 Å². The zero-order valence-electron chi connectivity index (χ0n) is 13.4. The topological polar surface area (TPSA) is 52.8 Å². The molecular weight excluding hydrogens is 276 g/mol. The number of benzene rings is 1. The van der Waals surface area contributed by atoms with Crippen LogP contribution in [0.4, 0.5) is 11.4 Å². The van der Waals surface area contributed by atoms with Gasteiger partial charge in [0.25, 0.3) is 5.91 Å². The molecule has 2 heterocycles. The molecule has 1 aromatic carbocycles. The van der Waals surface area contributed by atoms with E-state index in [9.17, 15) is 4.79 Å². The number of primary amides is 1. The molecule has 2 fully saturated rings. The van der Waals surface area contributed by atoms with Gasteiger partial charge in [-0.1, -0.05) is 0 Å². The Morgan fingerprint density at radius 1 is 0.955 bits per heavy atom. The van der Waals surface area contributed by atoms with Crippen molar-refractivity contribution in [1.29, 1.82) is 0 Å². The molecule has 2 aliphatic rings. The van der Waals surface area contributed by atoms with Crippen molar-refractivity contribution in [3.8, 4) is 0 Å². The third kappa shape index (κ3) is 3.19. The molecule has 120 valence electrons. The van der Waals surface area contributed by atoms with Gasteiger partial charge >= 0.3 is 0 Å². The van der Waals surface area contributed by atoms with Crippen molar-refractivity contribution in [2.75, 3.05) is 56.1 Å². The predicted octanol–water partition coefficient (Wildman–Crippen LogP) is 1.53. The normalized spacial score (nSPS) is 20.2. The first-order valence-electron chi connectivity index (χ1n) is 8.27. The number of hydrogen-bond donors (Lipinski definition) is 1. The fourth-order valence-electron chi connectivity index (χ4n) is 3.39. The van der Waals surface area contributed by atoms with Crippen molar-refractivity contribution >= 4 is 17.3 Å². The predicted molar refractivity (Wildman–Crippen MR) is 90.7 cm³/mol. The number of rotatable bonds is 3. The van der Waals surface area contributed by atoms with E-state index < -0.39 is 0 Å². The summed E-state index contributed by atoms with van der Waals surface area (Å²) in [6.07, 6.45) is 3.67. The van der Waals surface area contributed by atoms with Crippen LogP contribution in [0.2, 0.25) is 0 Å². The third-order valence-electron chi connectivity index (χ3n) is 4.81. The summed E-state index contributed by atoms with van der Waals surface area (Å²) in [5, 5.41) is 0. The average molecular weight is 302 g/mol. The molecule has 0 aromatic heterocycles. The van der Waals surface area contributed by atoms with Crippen molar-refractivity contribution < 1.29 is 4.79 Å². The number of nitrogens with zero attached hydrogens (tertiary/aromatic N) is 3. The summed E-state index contributed by atoms with van der Waals surface area (Å²) in [7, 11) is 2.14. The number of hydrogen-bond acceptors (Lipinski definition) is 4. The van der Waals surface area contributed by atoms with Crippen molar-refractivity contribution in [2.24, 2.45) is 5.73 Å². The number of likely N-dealkylation sites (N-methyl/N-ethyl adjacent to an activating group) is 1. The quantitative estimate of drug-likeness (QED) is 0.920. The first-order valence-corrected chi connectivity index (χ1v) is 8.27. The Morgan fingerprint density at radius 3 is 2.27 bits per heavy atom. The largest absolute Gasteiger partial charge is 0.371 e. The minimum absolute atomic E-state index is 0.323. The molecule has 2 aliphatic heterocycles. The summed E-state index contributed by atoms with van der Waals surface area (Å²) >= 11 is 0. The van der Waals surface area contributed by atoms with Gasteiger partial charge < -0.3 is 20.4 Å². The lowest BCUT2D eigenvalue weighted by Gasteiger charge is -2.35. The summed E-state index contributed by atoms with van der Waals surface area (Å²) in [5.74, 6) is -0.323. The molecule has 0 bridgehead atoms. The van der Waals surface area contributed by atoms with Gasteiger partial charge in [-0.05, 0) is 44.5 Å². The SMILES string of the molecule is CN1CCN(c2ccc(N3CCCCC3)c(C(N)=O)c2)CC1. The Morgan fingerprint density at radius 2 is 1.64 bits per heavy atom. The monoisotopic (exact) mass is 302 g/mol. The van der Waals surface area contributed by atoms with E-state index in [0.717, 1.165) is 50.6 Å². The molecule has 0 spiro atoms. The van der Waals surface area contributed by atoms with E-state index >= 15 is 0 Å². The van der Waals surface area contributed by atoms with Gasteiger partial charge in [0.05, 0.1) is 5.56 Å². The third-order valence-corrected chi connectivity index (χ3v) is 4.81. The Bertz CT molecular complexity index is 531. The van der Waals surface area contributed by atoms with E-state index in [-0.39, 0.29) is 5.91 Å². The smallest absolute Gasteiger partial charge is 0.250 e. The summed E-state index contributed by atoms with van der Waals surface area (Å²) in [4.78, 5) is 18.9. The standard InChI is InChI=1S/C17H26N4O/c1-19-9-11-20(12-10-19)14-5-6-16(15(13-14)17(18)22)21-7-3-2-4-8-21/h5-6,13H,2-4,7-12H2,1H3,(H2,18,22). The molecule has 1 aromatic rings. The van der Waals surface area contributed by atoms with Gasteiger partial charge in [0, 0.05) is 50.6 Å². The first kappa shape index (κ1) is 15.2. The lowest BCUT2D eigenvalue weighted by atomic mass is 10.1. The van der Waals surface area contributed by atoms with Crippen LogP contribution in [-0.4, -0.2) is 57.1 Å². The average Bonchev–Trinajstić information content (AvgIpc) is 2.56. The van der Waals surface area contributed by atoms with E-state index in [1.807, 2.05) is 6.07 Å². The minimum Gasteiger partial charge on any atom is -0.371 e. The summed E-state index contributed by atoms with van der Waals surface area (Å²) in [6, 6.07) is 6.21. The number of carbonyl (C=O) groups is 1. The van der Waals surface area contributed by atoms with Gasteiger partial charge in [-0.2, -0.15) is 0 Å². The molecule has 1 amide bonds. The maximum atomic E-state index is 11.9. The molecular formula is C17H26N4O. The highest BCUT2D eigenvalue weighted by Crippen LogP contribution is 2.28. The molecule has 0 saturated carbocycles. The molecule has 0 atom stereocenters.